The molecule has 4 aliphatic heterocycles. The van der Waals surface area contributed by atoms with E-state index in [-0.39, 0.29) is 12.6 Å². The first kappa shape index (κ1) is 18.8. The lowest BCUT2D eigenvalue weighted by Crippen LogP contribution is -2.56. The van der Waals surface area contributed by atoms with Crippen LogP contribution in [0, 0.1) is 0 Å². The van der Waals surface area contributed by atoms with E-state index >= 15 is 0 Å². The van der Waals surface area contributed by atoms with Crippen LogP contribution in [0.25, 0.3) is 0 Å². The van der Waals surface area contributed by atoms with Gasteiger partial charge in [0.15, 0.2) is 11.2 Å². The smallest absolute Gasteiger partial charge is 0.341 e. The van der Waals surface area contributed by atoms with Gasteiger partial charge < -0.3 is 29.5 Å². The number of cyclic esters (lactones) is 1. The number of epoxide rings is 1. The molecule has 0 bridgehead atoms. The summed E-state index contributed by atoms with van der Waals surface area (Å²) in [6.07, 6.45) is 0.0439. The molecule has 0 aromatic rings. The number of aliphatic hydroxyl groups is 3. The molecular formula is C18H25NO8. The fourth-order valence-electron chi connectivity index (χ4n) is 4.51. The maximum atomic E-state index is 12.9. The highest BCUT2D eigenvalue weighted by Crippen LogP contribution is 2.54. The van der Waals surface area contributed by atoms with Gasteiger partial charge in [0.1, 0.15) is 18.3 Å². The number of carbonyl (C=O) groups is 2. The highest BCUT2D eigenvalue weighted by atomic mass is 16.7. The van der Waals surface area contributed by atoms with Crippen molar-refractivity contribution in [3.05, 3.63) is 11.6 Å². The van der Waals surface area contributed by atoms with Crippen LogP contribution in [0.3, 0.4) is 0 Å². The Morgan fingerprint density at radius 1 is 1.37 bits per heavy atom. The van der Waals surface area contributed by atoms with Gasteiger partial charge in [0.2, 0.25) is 0 Å². The zero-order valence-electron chi connectivity index (χ0n) is 15.4. The van der Waals surface area contributed by atoms with Crippen LogP contribution in [0.4, 0.5) is 0 Å². The van der Waals surface area contributed by atoms with Gasteiger partial charge in [-0.15, -0.1) is 0 Å². The zero-order valence-corrected chi connectivity index (χ0v) is 15.4. The number of fused-ring (bicyclic) bond motifs is 1. The monoisotopic (exact) mass is 383 g/mol. The van der Waals surface area contributed by atoms with Crippen molar-refractivity contribution >= 4 is 11.9 Å². The number of rotatable bonds is 2. The Labute approximate surface area is 156 Å². The first-order valence-corrected chi connectivity index (χ1v) is 9.20. The van der Waals surface area contributed by atoms with Gasteiger partial charge in [-0.05, 0) is 25.8 Å². The number of nitrogens with zero attached hydrogens (tertiary/aromatic N) is 1. The predicted octanol–water partition coefficient (Wildman–Crippen LogP) is -1.51. The summed E-state index contributed by atoms with van der Waals surface area (Å²) in [6.45, 7) is 3.52. The van der Waals surface area contributed by atoms with Crippen LogP contribution in [0.1, 0.15) is 26.7 Å². The molecule has 3 saturated heterocycles. The molecule has 9 nitrogen and oxygen atoms in total. The SMILES string of the molecule is C[C@H](O)[C@]1(O)C[C@]2(CO)O[C@]2(C)C(=O)OCC2=CCN3CC[C@@H](OC1=O)[C@@H]23. The van der Waals surface area contributed by atoms with Crippen LogP contribution >= 0.6 is 0 Å². The Bertz CT molecular complexity index is 707. The van der Waals surface area contributed by atoms with E-state index in [1.165, 1.54) is 13.8 Å². The molecule has 150 valence electrons. The van der Waals surface area contributed by atoms with Crippen molar-refractivity contribution in [3.8, 4) is 0 Å². The maximum absolute atomic E-state index is 12.9. The molecule has 0 amide bonds. The second-order valence-electron chi connectivity index (χ2n) is 8.09. The third-order valence-electron chi connectivity index (χ3n) is 6.51. The van der Waals surface area contributed by atoms with E-state index < -0.39 is 54.0 Å². The van der Waals surface area contributed by atoms with Crippen molar-refractivity contribution in [2.45, 2.75) is 61.7 Å². The number of aliphatic hydroxyl groups excluding tert-OH is 2. The number of hydrogen-bond donors (Lipinski definition) is 3. The van der Waals surface area contributed by atoms with Crippen LogP contribution in [0.5, 0.6) is 0 Å². The summed E-state index contributed by atoms with van der Waals surface area (Å²) < 4.78 is 16.6. The van der Waals surface area contributed by atoms with Crippen molar-refractivity contribution in [1.29, 1.82) is 0 Å². The topological polar surface area (TPSA) is 129 Å². The van der Waals surface area contributed by atoms with Crippen molar-refractivity contribution in [2.24, 2.45) is 0 Å². The Balaban J connectivity index is 1.72. The molecule has 4 rings (SSSR count). The third-order valence-corrected chi connectivity index (χ3v) is 6.51. The molecule has 0 aliphatic carbocycles. The Morgan fingerprint density at radius 3 is 2.78 bits per heavy atom. The van der Waals surface area contributed by atoms with Crippen LogP contribution in [0.2, 0.25) is 0 Å². The minimum absolute atomic E-state index is 0.0508. The van der Waals surface area contributed by atoms with E-state index in [2.05, 4.69) is 4.90 Å². The lowest BCUT2D eigenvalue weighted by atomic mass is 9.80. The van der Waals surface area contributed by atoms with Gasteiger partial charge in [-0.2, -0.15) is 0 Å². The van der Waals surface area contributed by atoms with E-state index in [1.807, 2.05) is 6.08 Å². The molecule has 0 spiro atoms. The van der Waals surface area contributed by atoms with Crippen molar-refractivity contribution in [1.82, 2.24) is 4.90 Å². The maximum Gasteiger partial charge on any atom is 0.341 e. The number of carbonyl (C=O) groups excluding carboxylic acids is 2. The summed E-state index contributed by atoms with van der Waals surface area (Å²) in [7, 11) is 0. The van der Waals surface area contributed by atoms with Gasteiger partial charge in [0.05, 0.1) is 18.8 Å². The van der Waals surface area contributed by atoms with E-state index in [4.69, 9.17) is 14.2 Å². The van der Waals surface area contributed by atoms with Gasteiger partial charge in [-0.3, -0.25) is 4.90 Å². The van der Waals surface area contributed by atoms with E-state index in [0.717, 1.165) is 5.57 Å². The molecule has 3 N–H and O–H groups in total. The predicted molar refractivity (Wildman–Crippen MR) is 89.5 cm³/mol. The van der Waals surface area contributed by atoms with Crippen molar-refractivity contribution < 1.29 is 39.1 Å². The van der Waals surface area contributed by atoms with Gasteiger partial charge in [-0.1, -0.05) is 6.08 Å². The summed E-state index contributed by atoms with van der Waals surface area (Å²) in [5, 5.41) is 30.9. The average molecular weight is 383 g/mol. The van der Waals surface area contributed by atoms with Gasteiger partial charge in [0.25, 0.3) is 0 Å². The minimum atomic E-state index is -2.32. The minimum Gasteiger partial charge on any atom is -0.459 e. The molecule has 0 unspecified atom stereocenters. The fourth-order valence-corrected chi connectivity index (χ4v) is 4.51. The summed E-state index contributed by atoms with van der Waals surface area (Å²) in [5.74, 6) is -1.65. The standard InChI is InChI=1S/C18H25NO8/c1-10(21)18(24)8-17(9-20)16(2,27-17)14(22)25-7-11-3-5-19-6-4-12(13(11)19)26-15(18)23/h3,10,12-13,20-21,24H,4-9H2,1-2H3/t10-,12+,13+,16+,17+,18+/m0/s1. The molecule has 0 aromatic carbocycles. The molecule has 0 aromatic heterocycles. The van der Waals surface area contributed by atoms with Gasteiger partial charge in [-0.25, -0.2) is 9.59 Å². The molecule has 4 aliphatic rings. The first-order valence-electron chi connectivity index (χ1n) is 9.20. The Morgan fingerprint density at radius 2 is 2.11 bits per heavy atom. The molecule has 0 radical (unpaired) electrons. The van der Waals surface area contributed by atoms with E-state index in [1.54, 1.807) is 0 Å². The highest BCUT2D eigenvalue weighted by molar-refractivity contribution is 5.86. The fraction of sp³-hybridized carbons (Fsp3) is 0.778. The van der Waals surface area contributed by atoms with Crippen molar-refractivity contribution in [3.63, 3.8) is 0 Å². The summed E-state index contributed by atoms with van der Waals surface area (Å²) in [6, 6.07) is -0.213. The highest BCUT2D eigenvalue weighted by Gasteiger charge is 2.75. The van der Waals surface area contributed by atoms with Crippen LogP contribution in [-0.4, -0.2) is 93.5 Å². The number of hydrogen-bond acceptors (Lipinski definition) is 9. The molecule has 9 heteroatoms. The quantitative estimate of drug-likeness (QED) is 0.296. The van der Waals surface area contributed by atoms with Crippen LogP contribution in [0.15, 0.2) is 11.6 Å². The normalized spacial score (nSPS) is 45.6. The summed E-state index contributed by atoms with van der Waals surface area (Å²) in [4.78, 5) is 27.6. The Hall–Kier alpha value is -1.52. The third kappa shape index (κ3) is 2.56. The zero-order chi connectivity index (χ0) is 19.6. The molecule has 6 atom stereocenters. The van der Waals surface area contributed by atoms with Gasteiger partial charge >= 0.3 is 11.9 Å². The second-order valence-corrected chi connectivity index (χ2v) is 8.09. The van der Waals surface area contributed by atoms with Crippen molar-refractivity contribution in [2.75, 3.05) is 26.3 Å². The number of esters is 2. The molecule has 27 heavy (non-hydrogen) atoms. The molecule has 3 fully saturated rings. The lowest BCUT2D eigenvalue weighted by molar-refractivity contribution is -0.187. The largest absolute Gasteiger partial charge is 0.459 e. The average Bonchev–Trinajstić information content (AvgIpc) is 2.92. The van der Waals surface area contributed by atoms with E-state index in [9.17, 15) is 24.9 Å². The Kier molecular flexibility index (Phi) is 4.17. The summed E-state index contributed by atoms with van der Waals surface area (Å²) in [5.41, 5.74) is -4.54. The van der Waals surface area contributed by atoms with E-state index in [0.29, 0.717) is 19.5 Å². The summed E-state index contributed by atoms with van der Waals surface area (Å²) >= 11 is 0. The molecule has 0 saturated carbocycles. The molecule has 4 heterocycles. The second kappa shape index (κ2) is 5.99. The van der Waals surface area contributed by atoms with Gasteiger partial charge in [0, 0.05) is 19.5 Å². The van der Waals surface area contributed by atoms with Crippen LogP contribution < -0.4 is 0 Å². The first-order chi connectivity index (χ1) is 12.7. The lowest BCUT2D eigenvalue weighted by Gasteiger charge is -2.34. The molecular weight excluding hydrogens is 358 g/mol. The number of ether oxygens (including phenoxy) is 3. The van der Waals surface area contributed by atoms with Crippen LogP contribution in [-0.2, 0) is 23.8 Å².